The van der Waals surface area contributed by atoms with Crippen molar-refractivity contribution in [3.8, 4) is 11.5 Å². The van der Waals surface area contributed by atoms with E-state index >= 15 is 0 Å². The lowest BCUT2D eigenvalue weighted by Gasteiger charge is -2.23. The normalized spacial score (nSPS) is 13.7. The van der Waals surface area contributed by atoms with E-state index in [0.29, 0.717) is 11.7 Å². The minimum Gasteiger partial charge on any atom is -0.496 e. The van der Waals surface area contributed by atoms with Crippen LogP contribution in [0.4, 0.5) is 0 Å². The minimum atomic E-state index is -0.587. The molecule has 2 aromatic carbocycles. The molecule has 1 amide bonds. The van der Waals surface area contributed by atoms with Crippen molar-refractivity contribution in [2.45, 2.75) is 78.9 Å². The first-order valence-electron chi connectivity index (χ1n) is 10.7. The van der Waals surface area contributed by atoms with Gasteiger partial charge in [0.25, 0.3) is 5.91 Å². The zero-order chi connectivity index (χ0) is 22.6. The van der Waals surface area contributed by atoms with Gasteiger partial charge in [0, 0.05) is 0 Å². The number of amides is 1. The van der Waals surface area contributed by atoms with Crippen LogP contribution in [0.25, 0.3) is 0 Å². The molecule has 1 N–H and O–H groups in total. The minimum absolute atomic E-state index is 0.0853. The van der Waals surface area contributed by atoms with Crippen LogP contribution in [0, 0.1) is 6.92 Å². The number of aryl methyl sites for hydroxylation is 1. The fourth-order valence-electron chi connectivity index (χ4n) is 3.51. The van der Waals surface area contributed by atoms with E-state index in [-0.39, 0.29) is 17.4 Å². The van der Waals surface area contributed by atoms with Crippen molar-refractivity contribution in [3.05, 3.63) is 58.7 Å². The molecule has 2 atom stereocenters. The molecule has 0 aliphatic rings. The van der Waals surface area contributed by atoms with Crippen molar-refractivity contribution in [2.24, 2.45) is 0 Å². The van der Waals surface area contributed by atoms with Gasteiger partial charge in [-0.25, -0.2) is 0 Å². The Morgan fingerprint density at radius 2 is 1.57 bits per heavy atom. The third-order valence-electron chi connectivity index (χ3n) is 5.47. The number of methoxy groups -OCH3 is 1. The summed E-state index contributed by atoms with van der Waals surface area (Å²) in [6, 6.07) is 12.0. The van der Waals surface area contributed by atoms with Gasteiger partial charge < -0.3 is 14.8 Å². The molecule has 2 aromatic rings. The van der Waals surface area contributed by atoms with Gasteiger partial charge in [-0.05, 0) is 78.6 Å². The lowest BCUT2D eigenvalue weighted by atomic mass is 9.87. The summed E-state index contributed by atoms with van der Waals surface area (Å²) < 4.78 is 11.4. The molecule has 0 aliphatic carbocycles. The molecule has 0 heterocycles. The molecule has 0 radical (unpaired) electrons. The van der Waals surface area contributed by atoms with Gasteiger partial charge in [0.05, 0.1) is 13.2 Å². The second-order valence-corrected chi connectivity index (χ2v) is 9.37. The van der Waals surface area contributed by atoms with E-state index < -0.39 is 6.10 Å². The summed E-state index contributed by atoms with van der Waals surface area (Å²) in [5.74, 6) is 1.78. The Morgan fingerprint density at radius 1 is 0.967 bits per heavy atom. The maximum Gasteiger partial charge on any atom is 0.261 e. The SMILES string of the molecule is COc1cc(C)c([C@@H](C)NC(=O)[C@H](C)Oc2ccc(C(C)(C)C)cc2)cc1C(C)C. The molecule has 0 bridgehead atoms. The van der Waals surface area contributed by atoms with Crippen LogP contribution in [0.5, 0.6) is 11.5 Å². The highest BCUT2D eigenvalue weighted by Crippen LogP contribution is 2.32. The highest BCUT2D eigenvalue weighted by Gasteiger charge is 2.21. The predicted octanol–water partition coefficient (Wildman–Crippen LogP) is 6.07. The largest absolute Gasteiger partial charge is 0.496 e. The van der Waals surface area contributed by atoms with Crippen LogP contribution in [0.2, 0.25) is 0 Å². The molecule has 0 fully saturated rings. The van der Waals surface area contributed by atoms with Crippen LogP contribution in [0.1, 0.15) is 82.7 Å². The molecule has 0 unspecified atom stereocenters. The average molecular weight is 412 g/mol. The van der Waals surface area contributed by atoms with Crippen LogP contribution in [0.15, 0.2) is 36.4 Å². The fraction of sp³-hybridized carbons (Fsp3) is 0.500. The summed E-state index contributed by atoms with van der Waals surface area (Å²) in [4.78, 5) is 12.7. The van der Waals surface area contributed by atoms with Crippen molar-refractivity contribution in [1.29, 1.82) is 0 Å². The Morgan fingerprint density at radius 3 is 2.07 bits per heavy atom. The number of ether oxygens (including phenoxy) is 2. The van der Waals surface area contributed by atoms with Gasteiger partial charge in [-0.3, -0.25) is 4.79 Å². The highest BCUT2D eigenvalue weighted by molar-refractivity contribution is 5.81. The second kappa shape index (κ2) is 9.55. The molecule has 0 spiro atoms. The van der Waals surface area contributed by atoms with Crippen LogP contribution >= 0.6 is 0 Å². The lowest BCUT2D eigenvalue weighted by Crippen LogP contribution is -2.38. The standard InChI is InChI=1S/C26H37NO3/c1-16(2)22-15-23(17(3)14-24(22)29-9)18(4)27-25(28)19(5)30-21-12-10-20(11-13-21)26(6,7)8/h10-16,18-19H,1-9H3,(H,27,28)/t18-,19+/m1/s1. The lowest BCUT2D eigenvalue weighted by molar-refractivity contribution is -0.127. The number of hydrogen-bond donors (Lipinski definition) is 1. The summed E-state index contributed by atoms with van der Waals surface area (Å²) >= 11 is 0. The van der Waals surface area contributed by atoms with E-state index in [0.717, 1.165) is 22.4 Å². The summed E-state index contributed by atoms with van der Waals surface area (Å²) in [7, 11) is 1.69. The van der Waals surface area contributed by atoms with Gasteiger partial charge in [0.2, 0.25) is 0 Å². The maximum atomic E-state index is 12.7. The number of carbonyl (C=O) groups is 1. The summed E-state index contributed by atoms with van der Waals surface area (Å²) in [5.41, 5.74) is 4.64. The zero-order valence-electron chi connectivity index (χ0n) is 19.9. The molecule has 4 heteroatoms. The quantitative estimate of drug-likeness (QED) is 0.601. The number of benzene rings is 2. The van der Waals surface area contributed by atoms with Crippen LogP contribution in [-0.2, 0) is 10.2 Å². The first-order valence-corrected chi connectivity index (χ1v) is 10.7. The van der Waals surface area contributed by atoms with Crippen molar-refractivity contribution in [3.63, 3.8) is 0 Å². The van der Waals surface area contributed by atoms with Gasteiger partial charge in [0.1, 0.15) is 11.5 Å². The molecular weight excluding hydrogens is 374 g/mol. The van der Waals surface area contributed by atoms with Crippen LogP contribution < -0.4 is 14.8 Å². The first kappa shape index (κ1) is 23.8. The highest BCUT2D eigenvalue weighted by atomic mass is 16.5. The predicted molar refractivity (Wildman–Crippen MR) is 124 cm³/mol. The Balaban J connectivity index is 2.09. The van der Waals surface area contributed by atoms with Crippen molar-refractivity contribution < 1.29 is 14.3 Å². The van der Waals surface area contributed by atoms with Crippen LogP contribution in [-0.4, -0.2) is 19.1 Å². The van der Waals surface area contributed by atoms with E-state index in [1.165, 1.54) is 5.56 Å². The smallest absolute Gasteiger partial charge is 0.261 e. The molecule has 0 saturated carbocycles. The fourth-order valence-corrected chi connectivity index (χ4v) is 3.51. The topological polar surface area (TPSA) is 47.6 Å². The molecule has 0 saturated heterocycles. The molecule has 2 rings (SSSR count). The Bertz CT molecular complexity index is 863. The molecular formula is C26H37NO3. The molecule has 4 nitrogen and oxygen atoms in total. The summed E-state index contributed by atoms with van der Waals surface area (Å²) in [6.45, 7) is 16.6. The number of nitrogens with one attached hydrogen (secondary N) is 1. The van der Waals surface area contributed by atoms with E-state index in [1.807, 2.05) is 32.0 Å². The Hall–Kier alpha value is -2.49. The van der Waals surface area contributed by atoms with Crippen LogP contribution in [0.3, 0.4) is 0 Å². The van der Waals surface area contributed by atoms with Gasteiger partial charge >= 0.3 is 0 Å². The van der Waals surface area contributed by atoms with Gasteiger partial charge in [-0.1, -0.05) is 46.8 Å². The summed E-state index contributed by atoms with van der Waals surface area (Å²) in [6.07, 6.45) is -0.587. The molecule has 0 aliphatic heterocycles. The second-order valence-electron chi connectivity index (χ2n) is 9.37. The average Bonchev–Trinajstić information content (AvgIpc) is 2.66. The molecule has 30 heavy (non-hydrogen) atoms. The molecule has 0 aromatic heterocycles. The maximum absolute atomic E-state index is 12.7. The first-order chi connectivity index (χ1) is 13.9. The third kappa shape index (κ3) is 5.78. The summed E-state index contributed by atoms with van der Waals surface area (Å²) in [5, 5.41) is 3.09. The molecule has 164 valence electrons. The Labute approximate surface area is 182 Å². The van der Waals surface area contributed by atoms with Gasteiger partial charge in [0.15, 0.2) is 6.10 Å². The Kier molecular flexibility index (Phi) is 7.57. The monoisotopic (exact) mass is 411 g/mol. The van der Waals surface area contributed by atoms with Crippen molar-refractivity contribution in [1.82, 2.24) is 5.32 Å². The van der Waals surface area contributed by atoms with E-state index in [9.17, 15) is 4.79 Å². The number of hydrogen-bond acceptors (Lipinski definition) is 3. The van der Waals surface area contributed by atoms with E-state index in [4.69, 9.17) is 9.47 Å². The van der Waals surface area contributed by atoms with Crippen molar-refractivity contribution in [2.75, 3.05) is 7.11 Å². The van der Waals surface area contributed by atoms with E-state index in [1.54, 1.807) is 14.0 Å². The third-order valence-corrected chi connectivity index (χ3v) is 5.47. The number of rotatable bonds is 7. The van der Waals surface area contributed by atoms with E-state index in [2.05, 4.69) is 58.1 Å². The number of carbonyl (C=O) groups excluding carboxylic acids is 1. The van der Waals surface area contributed by atoms with Crippen molar-refractivity contribution >= 4 is 5.91 Å². The zero-order valence-corrected chi connectivity index (χ0v) is 19.9. The van der Waals surface area contributed by atoms with Gasteiger partial charge in [-0.2, -0.15) is 0 Å². The van der Waals surface area contributed by atoms with Gasteiger partial charge in [-0.15, -0.1) is 0 Å².